The predicted molar refractivity (Wildman–Crippen MR) is 123 cm³/mol. The third-order valence-corrected chi connectivity index (χ3v) is 7.97. The topological polar surface area (TPSA) is 55.4 Å². The summed E-state index contributed by atoms with van der Waals surface area (Å²) in [6.45, 7) is 7.20. The first-order valence-corrected chi connectivity index (χ1v) is 11.9. The summed E-state index contributed by atoms with van der Waals surface area (Å²) in [6.07, 6.45) is 4.23. The van der Waals surface area contributed by atoms with Gasteiger partial charge in [0.1, 0.15) is 12.4 Å². The number of nitrogens with one attached hydrogen (secondary N) is 1. The molecule has 4 nitrogen and oxygen atoms in total. The lowest BCUT2D eigenvalue weighted by molar-refractivity contribution is 0.359. The van der Waals surface area contributed by atoms with Crippen molar-refractivity contribution in [1.29, 1.82) is 0 Å². The van der Waals surface area contributed by atoms with E-state index in [9.17, 15) is 17.2 Å². The van der Waals surface area contributed by atoms with Gasteiger partial charge in [-0.3, -0.25) is 4.72 Å². The van der Waals surface area contributed by atoms with Crippen LogP contribution in [0.4, 0.5) is 14.5 Å². The van der Waals surface area contributed by atoms with Crippen LogP contribution >= 0.6 is 22.6 Å². The van der Waals surface area contributed by atoms with E-state index in [1.807, 2.05) is 12.1 Å². The molecule has 0 amide bonds. The van der Waals surface area contributed by atoms with Gasteiger partial charge in [-0.1, -0.05) is 30.9 Å². The molecule has 1 N–H and O–H groups in total. The number of anilines is 1. The Bertz CT molecular complexity index is 1060. The maximum Gasteiger partial charge on any atom is 0.238 e. The van der Waals surface area contributed by atoms with Gasteiger partial charge in [0.25, 0.3) is 0 Å². The Morgan fingerprint density at radius 1 is 1.17 bits per heavy atom. The average molecular weight is 545 g/mol. The van der Waals surface area contributed by atoms with Crippen LogP contribution in [0.5, 0.6) is 5.75 Å². The number of sulfonamides is 1. The van der Waals surface area contributed by atoms with Crippen molar-refractivity contribution >= 4 is 38.3 Å². The number of allylic oxidation sites excluding steroid dienone is 1. The number of benzene rings is 2. The SMILES string of the molecule is C=CCOc1cc(F)c(F)c(Cc2ccc(I)cc2)c1NS(=O)(=O)C1(CC=C)CC1. The van der Waals surface area contributed by atoms with Gasteiger partial charge in [-0.2, -0.15) is 0 Å². The van der Waals surface area contributed by atoms with Gasteiger partial charge in [0, 0.05) is 21.6 Å². The number of hydrogen-bond acceptors (Lipinski definition) is 3. The maximum absolute atomic E-state index is 14.9. The minimum absolute atomic E-state index is 0.00270. The Balaban J connectivity index is 2.09. The molecule has 0 radical (unpaired) electrons. The summed E-state index contributed by atoms with van der Waals surface area (Å²) in [4.78, 5) is 0. The largest absolute Gasteiger partial charge is 0.487 e. The van der Waals surface area contributed by atoms with Crippen LogP contribution in [0, 0.1) is 15.2 Å². The van der Waals surface area contributed by atoms with Crippen LogP contribution in [0.1, 0.15) is 30.4 Å². The molecule has 0 unspecified atom stereocenters. The zero-order chi connectivity index (χ0) is 21.9. The molecule has 0 bridgehead atoms. The van der Waals surface area contributed by atoms with Crippen LogP contribution in [0.2, 0.25) is 0 Å². The average Bonchev–Trinajstić information content (AvgIpc) is 3.49. The van der Waals surface area contributed by atoms with Crippen LogP contribution in [-0.2, 0) is 16.4 Å². The van der Waals surface area contributed by atoms with Crippen LogP contribution in [0.15, 0.2) is 55.6 Å². The van der Waals surface area contributed by atoms with Crippen molar-refractivity contribution in [2.75, 3.05) is 11.3 Å². The van der Waals surface area contributed by atoms with Crippen molar-refractivity contribution in [3.63, 3.8) is 0 Å². The molecule has 0 spiro atoms. The summed E-state index contributed by atoms with van der Waals surface area (Å²) in [5, 5.41) is 0. The van der Waals surface area contributed by atoms with E-state index in [0.29, 0.717) is 18.4 Å². The fraction of sp³-hybridized carbons (Fsp3) is 0.273. The highest BCUT2D eigenvalue weighted by atomic mass is 127. The minimum atomic E-state index is -3.88. The Labute approximate surface area is 189 Å². The van der Waals surface area contributed by atoms with Gasteiger partial charge < -0.3 is 4.74 Å². The van der Waals surface area contributed by atoms with E-state index >= 15 is 0 Å². The molecule has 0 atom stereocenters. The summed E-state index contributed by atoms with van der Waals surface area (Å²) in [7, 11) is -3.88. The minimum Gasteiger partial charge on any atom is -0.487 e. The first kappa shape index (κ1) is 22.7. The molecule has 1 aliphatic carbocycles. The normalized spacial score (nSPS) is 14.8. The first-order chi connectivity index (χ1) is 14.2. The van der Waals surface area contributed by atoms with Crippen molar-refractivity contribution in [2.24, 2.45) is 0 Å². The number of rotatable bonds is 10. The quantitative estimate of drug-likeness (QED) is 0.314. The number of halogens is 3. The Kier molecular flexibility index (Phi) is 6.86. The second kappa shape index (κ2) is 9.05. The molecule has 0 aromatic heterocycles. The summed E-state index contributed by atoms with van der Waals surface area (Å²) in [6, 6.07) is 8.12. The molecule has 8 heteroatoms. The van der Waals surface area contributed by atoms with Crippen LogP contribution in [0.25, 0.3) is 0 Å². The molecule has 0 heterocycles. The zero-order valence-electron chi connectivity index (χ0n) is 16.3. The predicted octanol–water partition coefficient (Wildman–Crippen LogP) is 5.58. The lowest BCUT2D eigenvalue weighted by Crippen LogP contribution is -2.30. The molecule has 1 aliphatic rings. The van der Waals surface area contributed by atoms with E-state index in [4.69, 9.17) is 4.74 Å². The van der Waals surface area contributed by atoms with E-state index in [-0.39, 0.29) is 36.4 Å². The fourth-order valence-electron chi connectivity index (χ4n) is 3.23. The van der Waals surface area contributed by atoms with Gasteiger partial charge in [0.15, 0.2) is 11.6 Å². The van der Waals surface area contributed by atoms with Gasteiger partial charge in [-0.25, -0.2) is 17.2 Å². The summed E-state index contributed by atoms with van der Waals surface area (Å²) in [5.74, 6) is -2.29. The number of hydrogen-bond donors (Lipinski definition) is 1. The highest BCUT2D eigenvalue weighted by molar-refractivity contribution is 14.1. The van der Waals surface area contributed by atoms with Crippen molar-refractivity contribution in [3.05, 3.63) is 82.0 Å². The highest BCUT2D eigenvalue weighted by Gasteiger charge is 2.54. The summed E-state index contributed by atoms with van der Waals surface area (Å²) >= 11 is 2.14. The van der Waals surface area contributed by atoms with Gasteiger partial charge in [-0.15, -0.1) is 6.58 Å². The fourth-order valence-corrected chi connectivity index (χ4v) is 5.27. The van der Waals surface area contributed by atoms with E-state index < -0.39 is 26.4 Å². The smallest absolute Gasteiger partial charge is 0.238 e. The first-order valence-electron chi connectivity index (χ1n) is 9.35. The Morgan fingerprint density at radius 2 is 1.83 bits per heavy atom. The maximum atomic E-state index is 14.9. The zero-order valence-corrected chi connectivity index (χ0v) is 19.2. The highest BCUT2D eigenvalue weighted by Crippen LogP contribution is 2.48. The van der Waals surface area contributed by atoms with E-state index in [1.54, 1.807) is 18.2 Å². The van der Waals surface area contributed by atoms with Crippen molar-refractivity contribution in [2.45, 2.75) is 30.4 Å². The molecule has 3 rings (SSSR count). The van der Waals surface area contributed by atoms with E-state index in [1.165, 1.54) is 6.08 Å². The van der Waals surface area contributed by atoms with Gasteiger partial charge in [0.05, 0.1) is 10.4 Å². The van der Waals surface area contributed by atoms with Crippen LogP contribution in [-0.4, -0.2) is 19.8 Å². The second-order valence-electron chi connectivity index (χ2n) is 7.21. The molecule has 160 valence electrons. The van der Waals surface area contributed by atoms with Crippen LogP contribution in [0.3, 0.4) is 0 Å². The summed E-state index contributed by atoms with van der Waals surface area (Å²) < 4.78 is 63.4. The van der Waals surface area contributed by atoms with Crippen molar-refractivity contribution in [3.8, 4) is 5.75 Å². The van der Waals surface area contributed by atoms with Gasteiger partial charge in [-0.05, 0) is 59.5 Å². The van der Waals surface area contributed by atoms with Crippen molar-refractivity contribution < 1.29 is 21.9 Å². The number of ether oxygens (including phenoxy) is 1. The van der Waals surface area contributed by atoms with Gasteiger partial charge >= 0.3 is 0 Å². The lowest BCUT2D eigenvalue weighted by atomic mass is 10.0. The lowest BCUT2D eigenvalue weighted by Gasteiger charge is -2.21. The third kappa shape index (κ3) is 4.69. The van der Waals surface area contributed by atoms with E-state index in [0.717, 1.165) is 9.64 Å². The standard InChI is InChI=1S/C22H22F2INO3S/c1-3-9-22(10-11-22)30(27,28)26-21-17(13-15-5-7-16(25)8-6-15)20(24)18(23)14-19(21)29-12-4-2/h3-8,14,26H,1-2,9-13H2. The van der Waals surface area contributed by atoms with Gasteiger partial charge in [0.2, 0.25) is 10.0 Å². The summed E-state index contributed by atoms with van der Waals surface area (Å²) in [5.41, 5.74) is 0.528. The van der Waals surface area contributed by atoms with Crippen LogP contribution < -0.4 is 9.46 Å². The van der Waals surface area contributed by atoms with Crippen molar-refractivity contribution in [1.82, 2.24) is 0 Å². The third-order valence-electron chi connectivity index (χ3n) is 5.06. The Morgan fingerprint density at radius 3 is 2.40 bits per heavy atom. The molecule has 0 aliphatic heterocycles. The molecular weight excluding hydrogens is 523 g/mol. The monoisotopic (exact) mass is 545 g/mol. The second-order valence-corrected chi connectivity index (χ2v) is 10.5. The van der Waals surface area contributed by atoms with E-state index in [2.05, 4.69) is 40.5 Å². The molecule has 2 aromatic rings. The molecule has 30 heavy (non-hydrogen) atoms. The molecular formula is C22H22F2INO3S. The molecule has 0 saturated heterocycles. The molecule has 2 aromatic carbocycles. The molecule has 1 fully saturated rings. The molecule has 1 saturated carbocycles. The Hall–Kier alpha value is -1.94.